The second kappa shape index (κ2) is 8.58. The summed E-state index contributed by atoms with van der Waals surface area (Å²) in [5, 5.41) is 23.1. The van der Waals surface area contributed by atoms with Gasteiger partial charge in [-0.3, -0.25) is 14.4 Å². The van der Waals surface area contributed by atoms with Gasteiger partial charge in [-0.1, -0.05) is 33.3 Å². The number of ether oxygens (including phenoxy) is 1. The van der Waals surface area contributed by atoms with E-state index in [1.54, 1.807) is 13.8 Å². The molecule has 0 aromatic heterocycles. The van der Waals surface area contributed by atoms with E-state index >= 15 is 8.78 Å². The first-order chi connectivity index (χ1) is 16.3. The van der Waals surface area contributed by atoms with E-state index in [1.165, 1.54) is 19.1 Å². The number of alkyl halides is 2. The summed E-state index contributed by atoms with van der Waals surface area (Å²) in [6.45, 7) is 6.18. The molecule has 0 radical (unpaired) electrons. The van der Waals surface area contributed by atoms with E-state index in [2.05, 4.69) is 0 Å². The lowest BCUT2D eigenvalue weighted by Gasteiger charge is -2.63. The smallest absolute Gasteiger partial charge is 0.306 e. The number of rotatable bonds is 6. The highest BCUT2D eigenvalue weighted by atomic mass is 19.1. The minimum Gasteiger partial charge on any atom is -0.458 e. The standard InChI is InChI=1S/C27H36F2O6/c1-5-6-7-23(33)35-14-22(32)27(34)15(2)10-17-18-12-20(28)19-11-16(30)8-9-24(19,3)26(18,29)21(31)13-25(17,27)4/h8-9,11,15,17-18,20-21,31,34H,5-7,10,12-14H2,1-4H3/t15-,17+,18+,20+,21+,24+,25+,26+,27+/m1/s1. The van der Waals surface area contributed by atoms with Crippen LogP contribution in [0.25, 0.3) is 0 Å². The Morgan fingerprint density at radius 2 is 1.91 bits per heavy atom. The number of unbranched alkanes of at least 4 members (excludes halogenated alkanes) is 1. The van der Waals surface area contributed by atoms with Crippen molar-refractivity contribution in [3.8, 4) is 0 Å². The van der Waals surface area contributed by atoms with Gasteiger partial charge in [0.25, 0.3) is 0 Å². The predicted octanol–water partition coefficient (Wildman–Crippen LogP) is 3.58. The highest BCUT2D eigenvalue weighted by molar-refractivity contribution is 6.01. The van der Waals surface area contributed by atoms with Gasteiger partial charge in [0.05, 0.1) is 6.10 Å². The van der Waals surface area contributed by atoms with Gasteiger partial charge in [-0.05, 0) is 62.2 Å². The maximum absolute atomic E-state index is 17.1. The first-order valence-corrected chi connectivity index (χ1v) is 12.6. The Kier molecular flexibility index (Phi) is 6.41. The maximum atomic E-state index is 17.1. The molecule has 0 bridgehead atoms. The number of hydrogen-bond donors (Lipinski definition) is 2. The summed E-state index contributed by atoms with van der Waals surface area (Å²) in [4.78, 5) is 37.2. The van der Waals surface area contributed by atoms with Crippen molar-refractivity contribution in [1.29, 1.82) is 0 Å². The van der Waals surface area contributed by atoms with Crippen molar-refractivity contribution in [2.75, 3.05) is 6.61 Å². The van der Waals surface area contributed by atoms with Crippen molar-refractivity contribution < 1.29 is 38.1 Å². The molecule has 0 aromatic rings. The Balaban J connectivity index is 1.68. The number of allylic oxidation sites excluding steroid dienone is 4. The number of fused-ring (bicyclic) bond motifs is 5. The van der Waals surface area contributed by atoms with E-state index in [1.807, 2.05) is 6.92 Å². The van der Waals surface area contributed by atoms with E-state index in [4.69, 9.17) is 4.74 Å². The number of aliphatic hydroxyl groups is 2. The van der Waals surface area contributed by atoms with E-state index in [0.717, 1.165) is 12.5 Å². The third kappa shape index (κ3) is 3.42. The highest BCUT2D eigenvalue weighted by Crippen LogP contribution is 2.70. The lowest BCUT2D eigenvalue weighted by atomic mass is 9.44. The lowest BCUT2D eigenvalue weighted by Crippen LogP contribution is -2.70. The number of Topliss-reactive ketones (excluding diaryl/α,β-unsaturated/α-hetero) is 1. The number of esters is 1. The van der Waals surface area contributed by atoms with Crippen LogP contribution in [0.3, 0.4) is 0 Å². The van der Waals surface area contributed by atoms with Crippen LogP contribution < -0.4 is 0 Å². The fraction of sp³-hybridized carbons (Fsp3) is 0.741. The summed E-state index contributed by atoms with van der Waals surface area (Å²) >= 11 is 0. The van der Waals surface area contributed by atoms with E-state index in [0.29, 0.717) is 6.42 Å². The lowest BCUT2D eigenvalue weighted by molar-refractivity contribution is -0.224. The molecule has 35 heavy (non-hydrogen) atoms. The van der Waals surface area contributed by atoms with Gasteiger partial charge < -0.3 is 14.9 Å². The van der Waals surface area contributed by atoms with Gasteiger partial charge in [0.1, 0.15) is 11.8 Å². The molecule has 3 fully saturated rings. The Hall–Kier alpha value is -1.93. The molecule has 4 aliphatic rings. The fourth-order valence-electron chi connectivity index (χ4n) is 7.78. The van der Waals surface area contributed by atoms with E-state index in [9.17, 15) is 24.6 Å². The SMILES string of the molecule is CCCCC(=O)OCC(=O)[C@@]1(O)[C@H](C)C[C@H]2[C@@H]3C[C@H](F)C4=CC(=O)C=C[C@]4(C)[C@@]3(F)[C@@H](O)C[C@@]21C. The quantitative estimate of drug-likeness (QED) is 0.548. The molecule has 0 aliphatic heterocycles. The molecule has 0 heterocycles. The van der Waals surface area contributed by atoms with Gasteiger partial charge >= 0.3 is 5.97 Å². The van der Waals surface area contributed by atoms with Crippen molar-refractivity contribution in [1.82, 2.24) is 0 Å². The average molecular weight is 495 g/mol. The van der Waals surface area contributed by atoms with Crippen molar-refractivity contribution in [2.24, 2.45) is 28.6 Å². The monoisotopic (exact) mass is 494 g/mol. The van der Waals surface area contributed by atoms with Gasteiger partial charge in [-0.2, -0.15) is 0 Å². The fourth-order valence-corrected chi connectivity index (χ4v) is 7.78. The number of ketones is 2. The third-order valence-electron chi connectivity index (χ3n) is 9.73. The van der Waals surface area contributed by atoms with Crippen molar-refractivity contribution >= 4 is 17.5 Å². The number of halogens is 2. The summed E-state index contributed by atoms with van der Waals surface area (Å²) in [5.74, 6) is -3.82. The Labute approximate surface area is 204 Å². The molecule has 0 aromatic carbocycles. The number of carbonyl (C=O) groups is 3. The van der Waals surface area contributed by atoms with Crippen LogP contribution in [-0.4, -0.2) is 57.9 Å². The zero-order chi connectivity index (χ0) is 26.0. The predicted molar refractivity (Wildman–Crippen MR) is 124 cm³/mol. The second-order valence-corrected chi connectivity index (χ2v) is 11.4. The summed E-state index contributed by atoms with van der Waals surface area (Å²) in [6.07, 6.45) is 1.89. The normalized spacial score (nSPS) is 46.3. The van der Waals surface area contributed by atoms with Crippen LogP contribution in [0.15, 0.2) is 23.8 Å². The number of aliphatic hydroxyl groups excluding tert-OH is 1. The molecule has 194 valence electrons. The molecule has 3 saturated carbocycles. The molecule has 6 nitrogen and oxygen atoms in total. The molecule has 0 unspecified atom stereocenters. The molecule has 0 spiro atoms. The minimum atomic E-state index is -2.27. The van der Waals surface area contributed by atoms with Gasteiger partial charge in [-0.15, -0.1) is 0 Å². The van der Waals surface area contributed by atoms with Crippen LogP contribution >= 0.6 is 0 Å². The van der Waals surface area contributed by atoms with Gasteiger partial charge in [-0.25, -0.2) is 8.78 Å². The van der Waals surface area contributed by atoms with Crippen molar-refractivity contribution in [3.63, 3.8) is 0 Å². The van der Waals surface area contributed by atoms with Gasteiger partial charge in [0, 0.05) is 23.2 Å². The molecule has 4 rings (SSSR count). The maximum Gasteiger partial charge on any atom is 0.306 e. The van der Waals surface area contributed by atoms with Crippen LogP contribution in [0.5, 0.6) is 0 Å². The topological polar surface area (TPSA) is 101 Å². The first kappa shape index (κ1) is 26.1. The summed E-state index contributed by atoms with van der Waals surface area (Å²) in [6, 6.07) is 0. The Morgan fingerprint density at radius 1 is 1.23 bits per heavy atom. The zero-order valence-corrected chi connectivity index (χ0v) is 20.9. The average Bonchev–Trinajstić information content (AvgIpc) is 3.00. The van der Waals surface area contributed by atoms with Crippen molar-refractivity contribution in [3.05, 3.63) is 23.8 Å². The Morgan fingerprint density at radius 3 is 2.57 bits per heavy atom. The highest BCUT2D eigenvalue weighted by Gasteiger charge is 2.76. The summed E-state index contributed by atoms with van der Waals surface area (Å²) in [5.41, 5.74) is -6.98. The molecular formula is C27H36F2O6. The van der Waals surface area contributed by atoms with Crippen LogP contribution in [0.1, 0.15) is 66.2 Å². The van der Waals surface area contributed by atoms with Gasteiger partial charge in [0.2, 0.25) is 5.78 Å². The first-order valence-electron chi connectivity index (χ1n) is 12.6. The van der Waals surface area contributed by atoms with Gasteiger partial charge in [0.15, 0.2) is 18.1 Å². The number of hydrogen-bond acceptors (Lipinski definition) is 6. The summed E-state index contributed by atoms with van der Waals surface area (Å²) in [7, 11) is 0. The molecular weight excluding hydrogens is 458 g/mol. The van der Waals surface area contributed by atoms with E-state index < -0.39 is 76.3 Å². The third-order valence-corrected chi connectivity index (χ3v) is 9.73. The van der Waals surface area contributed by atoms with Crippen molar-refractivity contribution in [2.45, 2.75) is 89.8 Å². The molecule has 2 N–H and O–H groups in total. The Bertz CT molecular complexity index is 992. The second-order valence-electron chi connectivity index (χ2n) is 11.4. The molecule has 0 amide bonds. The molecule has 9 atom stereocenters. The van der Waals surface area contributed by atoms with Crippen LogP contribution in [0, 0.1) is 28.6 Å². The largest absolute Gasteiger partial charge is 0.458 e. The molecule has 8 heteroatoms. The van der Waals surface area contributed by atoms with E-state index in [-0.39, 0.29) is 31.3 Å². The zero-order valence-electron chi connectivity index (χ0n) is 20.9. The van der Waals surface area contributed by atoms with Crippen LogP contribution in [0.4, 0.5) is 8.78 Å². The number of carbonyl (C=O) groups excluding carboxylic acids is 3. The molecule has 4 aliphatic carbocycles. The van der Waals surface area contributed by atoms with Crippen LogP contribution in [-0.2, 0) is 19.1 Å². The minimum absolute atomic E-state index is 0.0304. The summed E-state index contributed by atoms with van der Waals surface area (Å²) < 4.78 is 37.7. The van der Waals surface area contributed by atoms with Crippen LogP contribution in [0.2, 0.25) is 0 Å². The molecule has 0 saturated heterocycles.